The number of fused-ring (bicyclic) bond motifs is 1. The highest BCUT2D eigenvalue weighted by Gasteiger charge is 2.19. The third kappa shape index (κ3) is 5.79. The van der Waals surface area contributed by atoms with Gasteiger partial charge in [-0.25, -0.2) is 22.2 Å². The summed E-state index contributed by atoms with van der Waals surface area (Å²) in [7, 11) is -3.80. The van der Waals surface area contributed by atoms with Crippen LogP contribution < -0.4 is 14.8 Å². The Kier molecular flexibility index (Phi) is 7.06. The molecule has 0 aliphatic rings. The van der Waals surface area contributed by atoms with Gasteiger partial charge in [0.15, 0.2) is 0 Å². The molecule has 1 atom stereocenters. The van der Waals surface area contributed by atoms with E-state index in [0.717, 1.165) is 5.39 Å². The molecule has 0 aliphatic carbocycles. The van der Waals surface area contributed by atoms with Gasteiger partial charge >= 0.3 is 0 Å². The summed E-state index contributed by atoms with van der Waals surface area (Å²) in [5.74, 6) is -0.210. The zero-order chi connectivity index (χ0) is 25.2. The Balaban J connectivity index is 1.43. The first-order valence-electron chi connectivity index (χ1n) is 10.6. The summed E-state index contributed by atoms with van der Waals surface area (Å²) >= 11 is 6.41. The lowest BCUT2D eigenvalue weighted by molar-refractivity contribution is -0.114. The number of nitrogens with zero attached hydrogens (tertiary/aromatic N) is 2. The number of anilines is 1. The Morgan fingerprint density at radius 2 is 1.83 bits per heavy atom. The fraction of sp³-hybridized carbons (Fsp3) is 0.167. The second kappa shape index (κ2) is 10.0. The van der Waals surface area contributed by atoms with E-state index < -0.39 is 16.1 Å². The average molecular weight is 517 g/mol. The van der Waals surface area contributed by atoms with Crippen LogP contribution in [0, 0.1) is 5.82 Å². The van der Waals surface area contributed by atoms with Crippen molar-refractivity contribution in [2.24, 2.45) is 0 Å². The predicted octanol–water partition coefficient (Wildman–Crippen LogP) is 4.52. The maximum Gasteiger partial charge on any atom is 0.240 e. The zero-order valence-corrected chi connectivity index (χ0v) is 20.4. The van der Waals surface area contributed by atoms with Crippen molar-refractivity contribution in [3.8, 4) is 11.4 Å². The minimum absolute atomic E-state index is 0.0283. The van der Waals surface area contributed by atoms with Gasteiger partial charge in [0, 0.05) is 18.0 Å². The number of nitrogens with one attached hydrogen (secondary N) is 2. The number of halogens is 2. The van der Waals surface area contributed by atoms with E-state index >= 15 is 0 Å². The number of benzene rings is 3. The van der Waals surface area contributed by atoms with Gasteiger partial charge in [0.05, 0.1) is 33.4 Å². The van der Waals surface area contributed by atoms with Crippen LogP contribution in [0.25, 0.3) is 16.6 Å². The Labute approximate surface area is 206 Å². The van der Waals surface area contributed by atoms with E-state index in [1.807, 2.05) is 0 Å². The summed E-state index contributed by atoms with van der Waals surface area (Å²) in [6.07, 6.45) is 1.64. The highest BCUT2D eigenvalue weighted by Crippen LogP contribution is 2.31. The monoisotopic (exact) mass is 516 g/mol. The number of amides is 1. The summed E-state index contributed by atoms with van der Waals surface area (Å²) in [5, 5.41) is 8.00. The van der Waals surface area contributed by atoms with Crippen molar-refractivity contribution in [3.05, 3.63) is 77.7 Å². The van der Waals surface area contributed by atoms with Crippen LogP contribution in [-0.2, 0) is 14.8 Å². The summed E-state index contributed by atoms with van der Waals surface area (Å²) in [6.45, 7) is 3.07. The minimum Gasteiger partial charge on any atom is -0.490 e. The number of hydrogen-bond donors (Lipinski definition) is 2. The normalized spacial score (nSPS) is 12.5. The lowest BCUT2D eigenvalue weighted by Crippen LogP contribution is -2.36. The number of ether oxygens (including phenoxy) is 1. The largest absolute Gasteiger partial charge is 0.490 e. The Morgan fingerprint density at radius 1 is 1.14 bits per heavy atom. The highest BCUT2D eigenvalue weighted by molar-refractivity contribution is 7.89. The Bertz CT molecular complexity index is 1470. The van der Waals surface area contributed by atoms with Crippen molar-refractivity contribution in [2.45, 2.75) is 24.8 Å². The van der Waals surface area contributed by atoms with Crippen LogP contribution >= 0.6 is 11.6 Å². The number of sulfonamides is 1. The van der Waals surface area contributed by atoms with Crippen molar-refractivity contribution in [1.82, 2.24) is 14.5 Å². The van der Waals surface area contributed by atoms with Crippen molar-refractivity contribution < 1.29 is 22.3 Å². The zero-order valence-electron chi connectivity index (χ0n) is 18.8. The number of carbonyl (C=O) groups is 1. The van der Waals surface area contributed by atoms with E-state index in [0.29, 0.717) is 27.7 Å². The highest BCUT2D eigenvalue weighted by atomic mass is 35.5. The molecule has 1 amide bonds. The van der Waals surface area contributed by atoms with E-state index in [4.69, 9.17) is 16.3 Å². The van der Waals surface area contributed by atoms with Crippen molar-refractivity contribution in [3.63, 3.8) is 0 Å². The molecule has 1 heterocycles. The van der Waals surface area contributed by atoms with E-state index in [1.165, 1.54) is 43.3 Å². The van der Waals surface area contributed by atoms with Gasteiger partial charge < -0.3 is 10.1 Å². The second-order valence-corrected chi connectivity index (χ2v) is 10.0. The lowest BCUT2D eigenvalue weighted by atomic mass is 10.2. The van der Waals surface area contributed by atoms with Crippen LogP contribution in [0.3, 0.4) is 0 Å². The molecular weight excluding hydrogens is 495 g/mol. The molecule has 0 bridgehead atoms. The molecule has 0 spiro atoms. The van der Waals surface area contributed by atoms with Crippen LogP contribution in [0.2, 0.25) is 5.02 Å². The Morgan fingerprint density at radius 3 is 2.49 bits per heavy atom. The summed E-state index contributed by atoms with van der Waals surface area (Å²) in [5.41, 5.74) is 1.89. The van der Waals surface area contributed by atoms with Gasteiger partial charge in [0.25, 0.3) is 0 Å². The van der Waals surface area contributed by atoms with Gasteiger partial charge in [-0.15, -0.1) is 0 Å². The lowest BCUT2D eigenvalue weighted by Gasteiger charge is -2.16. The first-order valence-corrected chi connectivity index (χ1v) is 12.4. The first-order chi connectivity index (χ1) is 16.6. The van der Waals surface area contributed by atoms with E-state index in [2.05, 4.69) is 15.1 Å². The van der Waals surface area contributed by atoms with Crippen LogP contribution in [0.15, 0.2) is 71.8 Å². The SMILES string of the molecule is CC(=O)Nc1ccc(S(=O)(=O)N[C@@H](C)COc2cc3cnn(-c4ccc(F)cc4)c3cc2Cl)cc1. The van der Waals surface area contributed by atoms with Crippen LogP contribution in [-0.4, -0.2) is 36.8 Å². The molecule has 4 rings (SSSR count). The molecule has 11 heteroatoms. The van der Waals surface area contributed by atoms with Crippen LogP contribution in [0.5, 0.6) is 5.75 Å². The van der Waals surface area contributed by atoms with E-state index in [9.17, 15) is 17.6 Å². The van der Waals surface area contributed by atoms with Gasteiger partial charge in [-0.05, 0) is 67.6 Å². The quantitative estimate of drug-likeness (QED) is 0.358. The molecule has 0 unspecified atom stereocenters. The molecule has 0 saturated heterocycles. The standard InChI is InChI=1S/C24H22ClFN4O4S/c1-15(29-35(32,33)21-9-5-19(6-10-21)28-16(2)31)14-34-24-11-17-13-27-30(23(17)12-22(24)25)20-7-3-18(26)4-8-20/h3-13,15,29H,14H2,1-2H3,(H,28,31)/t15-/m0/s1. The smallest absolute Gasteiger partial charge is 0.240 e. The predicted molar refractivity (Wildman–Crippen MR) is 132 cm³/mol. The molecule has 182 valence electrons. The third-order valence-corrected chi connectivity index (χ3v) is 6.92. The number of rotatable bonds is 8. The second-order valence-electron chi connectivity index (χ2n) is 7.91. The molecule has 0 saturated carbocycles. The maximum atomic E-state index is 13.2. The molecule has 1 aromatic heterocycles. The van der Waals surface area contributed by atoms with Crippen molar-refractivity contribution in [1.29, 1.82) is 0 Å². The third-order valence-electron chi connectivity index (χ3n) is 5.02. The summed E-state index contributed by atoms with van der Waals surface area (Å²) < 4.78 is 48.6. The average Bonchev–Trinajstić information content (AvgIpc) is 3.20. The molecule has 8 nitrogen and oxygen atoms in total. The fourth-order valence-electron chi connectivity index (χ4n) is 3.43. The molecule has 4 aromatic rings. The van der Waals surface area contributed by atoms with Crippen molar-refractivity contribution >= 4 is 44.1 Å². The van der Waals surface area contributed by atoms with Gasteiger partial charge in [-0.3, -0.25) is 4.79 Å². The summed E-state index contributed by atoms with van der Waals surface area (Å²) in [4.78, 5) is 11.2. The number of aromatic nitrogens is 2. The fourth-order valence-corrected chi connectivity index (χ4v) is 4.87. The first kappa shape index (κ1) is 24.6. The molecule has 0 aliphatic heterocycles. The van der Waals surface area contributed by atoms with E-state index in [-0.39, 0.29) is 23.2 Å². The maximum absolute atomic E-state index is 13.2. The number of hydrogen-bond acceptors (Lipinski definition) is 5. The molecule has 0 fully saturated rings. The van der Waals surface area contributed by atoms with Gasteiger partial charge in [-0.2, -0.15) is 5.10 Å². The van der Waals surface area contributed by atoms with Gasteiger partial charge in [-0.1, -0.05) is 11.6 Å². The molecule has 0 radical (unpaired) electrons. The van der Waals surface area contributed by atoms with Gasteiger partial charge in [0.2, 0.25) is 15.9 Å². The molecule has 3 aromatic carbocycles. The number of carbonyl (C=O) groups excluding carboxylic acids is 1. The Hall–Kier alpha value is -3.47. The minimum atomic E-state index is -3.80. The van der Waals surface area contributed by atoms with Crippen molar-refractivity contribution in [2.75, 3.05) is 11.9 Å². The molecule has 2 N–H and O–H groups in total. The van der Waals surface area contributed by atoms with Crippen LogP contribution in [0.4, 0.5) is 10.1 Å². The summed E-state index contributed by atoms with van der Waals surface area (Å²) in [6, 6.07) is 14.6. The molecular formula is C24H22ClFN4O4S. The van der Waals surface area contributed by atoms with Gasteiger partial charge in [0.1, 0.15) is 18.2 Å². The van der Waals surface area contributed by atoms with E-state index in [1.54, 1.807) is 42.1 Å². The molecule has 35 heavy (non-hydrogen) atoms. The topological polar surface area (TPSA) is 102 Å². The van der Waals surface area contributed by atoms with Crippen LogP contribution in [0.1, 0.15) is 13.8 Å².